The minimum Gasteiger partial charge on any atom is -0.616 e. The van der Waals surface area contributed by atoms with Gasteiger partial charge in [-0.05, 0) is 19.1 Å². The highest BCUT2D eigenvalue weighted by molar-refractivity contribution is 5.49. The molecule has 0 bridgehead atoms. The van der Waals surface area contributed by atoms with Crippen LogP contribution in [-0.4, -0.2) is 10.2 Å². The maximum atomic E-state index is 13.7. The van der Waals surface area contributed by atoms with Gasteiger partial charge in [-0.25, -0.2) is 4.39 Å². The fourth-order valence-electron chi connectivity index (χ4n) is 2.17. The van der Waals surface area contributed by atoms with Crippen LogP contribution in [0.2, 0.25) is 0 Å². The Kier molecular flexibility index (Phi) is 4.55. The quantitative estimate of drug-likeness (QED) is 0.519. The van der Waals surface area contributed by atoms with Gasteiger partial charge in [-0.2, -0.15) is 8.78 Å². The molecule has 1 aromatic carbocycles. The minimum absolute atomic E-state index is 0.0897. The second kappa shape index (κ2) is 6.80. The second-order valence-electron chi connectivity index (χ2n) is 5.11. The predicted molar refractivity (Wildman–Crippen MR) is 79.1 cm³/mol. The number of hydrogen-bond donors (Lipinski definition) is 0. The highest BCUT2D eigenvalue weighted by Crippen LogP contribution is 2.25. The van der Waals surface area contributed by atoms with Crippen LogP contribution in [0.3, 0.4) is 0 Å². The molecule has 0 amide bonds. The van der Waals surface area contributed by atoms with E-state index in [1.807, 2.05) is 0 Å². The lowest BCUT2D eigenvalue weighted by atomic mass is 10.1. The van der Waals surface area contributed by atoms with Gasteiger partial charge in [0.2, 0.25) is 0 Å². The lowest BCUT2D eigenvalue weighted by Gasteiger charge is -2.14. The van der Waals surface area contributed by atoms with Crippen LogP contribution in [0.25, 0.3) is 11.5 Å². The molecule has 2 aromatic heterocycles. The summed E-state index contributed by atoms with van der Waals surface area (Å²) in [7, 11) is 0. The van der Waals surface area contributed by atoms with E-state index in [1.165, 1.54) is 18.2 Å². The third-order valence-electron chi connectivity index (χ3n) is 3.39. The fraction of sp³-hybridized carbons (Fsp3) is 0.188. The number of nitrogens with zero attached hydrogens (tertiary/aromatic N) is 3. The predicted octanol–water partition coefficient (Wildman–Crippen LogP) is 3.59. The van der Waals surface area contributed by atoms with E-state index in [1.54, 1.807) is 25.1 Å². The first-order chi connectivity index (χ1) is 12.0. The molecule has 3 aromatic rings. The molecule has 9 heteroatoms. The Labute approximate surface area is 140 Å². The zero-order chi connectivity index (χ0) is 18.0. The zero-order valence-electron chi connectivity index (χ0n) is 12.9. The largest absolute Gasteiger partial charge is 0.616 e. The molecule has 0 radical (unpaired) electrons. The molecule has 0 saturated carbocycles. The molecule has 0 spiro atoms. The number of benzene rings is 1. The van der Waals surface area contributed by atoms with E-state index in [0.717, 1.165) is 6.20 Å². The summed E-state index contributed by atoms with van der Waals surface area (Å²) in [5.41, 5.74) is 0.449. The first-order valence-electron chi connectivity index (χ1n) is 7.22. The van der Waals surface area contributed by atoms with Gasteiger partial charge in [0.05, 0.1) is 6.07 Å². The molecular weight excluding hydrogens is 339 g/mol. The lowest BCUT2D eigenvalue weighted by molar-refractivity contribution is -0.613. The van der Waals surface area contributed by atoms with Gasteiger partial charge in [0, 0.05) is 5.56 Å². The Bertz CT molecular complexity index is 886. The molecule has 0 saturated heterocycles. The SMILES string of the molecule is CC(Oc1ccc(-c2nnc(C(F)F)o2)c[n+]1[O-])c1ccccc1F. The molecule has 0 N–H and O–H groups in total. The van der Waals surface area contributed by atoms with Crippen LogP contribution in [-0.2, 0) is 0 Å². The zero-order valence-corrected chi connectivity index (χ0v) is 12.9. The first kappa shape index (κ1) is 16.7. The van der Waals surface area contributed by atoms with Crippen molar-refractivity contribution in [2.75, 3.05) is 0 Å². The van der Waals surface area contributed by atoms with Gasteiger partial charge in [-0.1, -0.05) is 18.2 Å². The van der Waals surface area contributed by atoms with Crippen molar-refractivity contribution in [3.05, 3.63) is 65.1 Å². The van der Waals surface area contributed by atoms with Gasteiger partial charge in [0.25, 0.3) is 11.8 Å². The first-order valence-corrected chi connectivity index (χ1v) is 7.22. The van der Waals surface area contributed by atoms with Crippen molar-refractivity contribution >= 4 is 0 Å². The maximum Gasteiger partial charge on any atom is 0.380 e. The smallest absolute Gasteiger partial charge is 0.380 e. The molecule has 1 atom stereocenters. The highest BCUT2D eigenvalue weighted by atomic mass is 19.3. The average Bonchev–Trinajstić information content (AvgIpc) is 3.07. The van der Waals surface area contributed by atoms with Gasteiger partial charge in [0.1, 0.15) is 17.5 Å². The van der Waals surface area contributed by atoms with Crippen LogP contribution in [0, 0.1) is 11.0 Å². The monoisotopic (exact) mass is 351 g/mol. The van der Waals surface area contributed by atoms with Gasteiger partial charge in [0.15, 0.2) is 6.20 Å². The van der Waals surface area contributed by atoms with Crippen LogP contribution in [0.5, 0.6) is 5.88 Å². The van der Waals surface area contributed by atoms with Crippen LogP contribution in [0.1, 0.15) is 30.9 Å². The Morgan fingerprint density at radius 3 is 2.56 bits per heavy atom. The van der Waals surface area contributed by atoms with E-state index in [0.29, 0.717) is 10.3 Å². The molecule has 0 aliphatic heterocycles. The number of hydrogen-bond acceptors (Lipinski definition) is 5. The molecule has 6 nitrogen and oxygen atoms in total. The number of pyridine rings is 1. The molecule has 0 fully saturated rings. The maximum absolute atomic E-state index is 13.7. The number of alkyl halides is 2. The topological polar surface area (TPSA) is 75.1 Å². The number of rotatable bonds is 5. The Morgan fingerprint density at radius 1 is 1.16 bits per heavy atom. The summed E-state index contributed by atoms with van der Waals surface area (Å²) in [6.07, 6.45) is -2.56. The van der Waals surface area contributed by atoms with Gasteiger partial charge >= 0.3 is 12.3 Å². The van der Waals surface area contributed by atoms with Crippen molar-refractivity contribution in [2.45, 2.75) is 19.5 Å². The summed E-state index contributed by atoms with van der Waals surface area (Å²) in [4.78, 5) is 0. The van der Waals surface area contributed by atoms with Crippen molar-refractivity contribution in [3.8, 4) is 17.3 Å². The van der Waals surface area contributed by atoms with E-state index < -0.39 is 24.2 Å². The van der Waals surface area contributed by atoms with Gasteiger partial charge < -0.3 is 14.4 Å². The second-order valence-corrected chi connectivity index (χ2v) is 5.11. The summed E-state index contributed by atoms with van der Waals surface area (Å²) in [5, 5.41) is 18.7. The summed E-state index contributed by atoms with van der Waals surface area (Å²) >= 11 is 0. The summed E-state index contributed by atoms with van der Waals surface area (Å²) in [5.74, 6) is -1.59. The molecule has 0 aliphatic rings. The third-order valence-corrected chi connectivity index (χ3v) is 3.39. The van der Waals surface area contributed by atoms with Crippen LogP contribution < -0.4 is 9.47 Å². The average molecular weight is 351 g/mol. The van der Waals surface area contributed by atoms with E-state index in [-0.39, 0.29) is 17.3 Å². The molecular formula is C16H12F3N3O3. The molecule has 0 aliphatic carbocycles. The van der Waals surface area contributed by atoms with Crippen LogP contribution in [0.4, 0.5) is 13.2 Å². The Morgan fingerprint density at radius 2 is 1.92 bits per heavy atom. The summed E-state index contributed by atoms with van der Waals surface area (Å²) in [6.45, 7) is 1.60. The van der Waals surface area contributed by atoms with E-state index in [4.69, 9.17) is 9.15 Å². The molecule has 2 heterocycles. The van der Waals surface area contributed by atoms with Crippen molar-refractivity contribution in [1.82, 2.24) is 10.2 Å². The summed E-state index contributed by atoms with van der Waals surface area (Å²) < 4.78 is 49.3. The van der Waals surface area contributed by atoms with E-state index in [9.17, 15) is 18.4 Å². The van der Waals surface area contributed by atoms with Crippen molar-refractivity contribution in [3.63, 3.8) is 0 Å². The third kappa shape index (κ3) is 3.54. The van der Waals surface area contributed by atoms with E-state index >= 15 is 0 Å². The lowest BCUT2D eigenvalue weighted by Crippen LogP contribution is -2.29. The number of ether oxygens (including phenoxy) is 1. The van der Waals surface area contributed by atoms with Crippen molar-refractivity contribution in [2.24, 2.45) is 0 Å². The van der Waals surface area contributed by atoms with Crippen molar-refractivity contribution < 1.29 is 27.1 Å². The minimum atomic E-state index is -2.90. The van der Waals surface area contributed by atoms with Crippen LogP contribution in [0.15, 0.2) is 47.0 Å². The van der Waals surface area contributed by atoms with Gasteiger partial charge in [-0.15, -0.1) is 14.9 Å². The van der Waals surface area contributed by atoms with Gasteiger partial charge in [-0.3, -0.25) is 0 Å². The Balaban J connectivity index is 1.81. The summed E-state index contributed by atoms with van der Waals surface area (Å²) in [6, 6.07) is 8.76. The normalized spacial score (nSPS) is 12.4. The molecule has 1 unspecified atom stereocenters. The molecule has 130 valence electrons. The number of aromatic nitrogens is 3. The molecule has 25 heavy (non-hydrogen) atoms. The van der Waals surface area contributed by atoms with Crippen LogP contribution >= 0.6 is 0 Å². The Hall–Kier alpha value is -3.10. The highest BCUT2D eigenvalue weighted by Gasteiger charge is 2.21. The standard InChI is InChI=1S/C16H12F3N3O3/c1-9(11-4-2-3-5-12(11)17)24-13-7-6-10(8-22(13)23)15-20-21-16(25-15)14(18)19/h2-9,14H,1H3. The number of halogens is 3. The fourth-order valence-corrected chi connectivity index (χ4v) is 2.17. The van der Waals surface area contributed by atoms with Crippen molar-refractivity contribution in [1.29, 1.82) is 0 Å². The van der Waals surface area contributed by atoms with E-state index in [2.05, 4.69) is 10.2 Å². The molecule has 3 rings (SSSR count).